The predicted octanol–water partition coefficient (Wildman–Crippen LogP) is 3.46. The average molecular weight is 378 g/mol. The lowest BCUT2D eigenvalue weighted by molar-refractivity contribution is 0.0745. The molecule has 2 heterocycles. The first kappa shape index (κ1) is 17.7. The van der Waals surface area contributed by atoms with Gasteiger partial charge in [-0.3, -0.25) is 9.59 Å². The van der Waals surface area contributed by atoms with Crippen molar-refractivity contribution >= 4 is 29.1 Å². The zero-order valence-corrected chi connectivity index (χ0v) is 15.1. The molecule has 5 nitrogen and oxygen atoms in total. The van der Waals surface area contributed by atoms with Gasteiger partial charge < -0.3 is 9.88 Å². The highest BCUT2D eigenvalue weighted by Gasteiger charge is 2.26. The first-order valence-electron chi connectivity index (χ1n) is 8.00. The lowest BCUT2D eigenvalue weighted by atomic mass is 10.1. The van der Waals surface area contributed by atoms with E-state index < -0.39 is 5.56 Å². The van der Waals surface area contributed by atoms with Gasteiger partial charge in [-0.15, -0.1) is 0 Å². The molecule has 0 radical (unpaired) electrons. The number of halogens is 2. The molecule has 1 aliphatic rings. The van der Waals surface area contributed by atoms with Crippen molar-refractivity contribution in [2.24, 2.45) is 0 Å². The first-order chi connectivity index (χ1) is 12.0. The minimum Gasteiger partial charge on any atom is -0.328 e. The van der Waals surface area contributed by atoms with Gasteiger partial charge in [0.15, 0.2) is 0 Å². The van der Waals surface area contributed by atoms with Crippen molar-refractivity contribution in [2.75, 3.05) is 6.54 Å². The predicted molar refractivity (Wildman–Crippen MR) is 98.4 cm³/mol. The molecule has 130 valence electrons. The standard InChI is InChI=1S/C18H17Cl2N3O2/c1-2-11-5-4-8-23(11)18(25)13-10-21-16(22-17(13)24)9-12-14(19)6-3-7-15(12)20/h3-7,10-11H,2,8-9H2,1H3,(H,21,22,24). The molecule has 0 aliphatic carbocycles. The summed E-state index contributed by atoms with van der Waals surface area (Å²) in [4.78, 5) is 33.5. The third-order valence-corrected chi connectivity index (χ3v) is 4.94. The van der Waals surface area contributed by atoms with Crippen LogP contribution in [0.5, 0.6) is 0 Å². The summed E-state index contributed by atoms with van der Waals surface area (Å²) in [7, 11) is 0. The van der Waals surface area contributed by atoms with E-state index >= 15 is 0 Å². The Morgan fingerprint density at radius 1 is 1.36 bits per heavy atom. The number of hydrogen-bond donors (Lipinski definition) is 1. The Bertz CT molecular complexity index is 872. The summed E-state index contributed by atoms with van der Waals surface area (Å²) in [6, 6.07) is 5.22. The molecule has 3 rings (SSSR count). The smallest absolute Gasteiger partial charge is 0.263 e. The molecule has 1 amide bonds. The lowest BCUT2D eigenvalue weighted by Gasteiger charge is -2.23. The Morgan fingerprint density at radius 2 is 2.08 bits per heavy atom. The van der Waals surface area contributed by atoms with Gasteiger partial charge in [0.25, 0.3) is 11.5 Å². The largest absolute Gasteiger partial charge is 0.328 e. The van der Waals surface area contributed by atoms with Crippen LogP contribution in [0.1, 0.15) is 35.1 Å². The Labute approximate surface area is 155 Å². The second-order valence-electron chi connectivity index (χ2n) is 5.81. The molecule has 25 heavy (non-hydrogen) atoms. The number of benzene rings is 1. The monoisotopic (exact) mass is 377 g/mol. The van der Waals surface area contributed by atoms with Crippen LogP contribution in [0, 0.1) is 0 Å². The number of H-pyrrole nitrogens is 1. The van der Waals surface area contributed by atoms with Crippen LogP contribution in [-0.2, 0) is 6.42 Å². The molecule has 2 aromatic rings. The number of aromatic nitrogens is 2. The molecule has 0 fully saturated rings. The van der Waals surface area contributed by atoms with E-state index in [0.717, 1.165) is 6.42 Å². The summed E-state index contributed by atoms with van der Waals surface area (Å²) in [5.41, 5.74) is 0.263. The second kappa shape index (κ2) is 7.42. The minimum absolute atomic E-state index is 0.0218. The fourth-order valence-corrected chi connectivity index (χ4v) is 3.39. The van der Waals surface area contributed by atoms with Crippen molar-refractivity contribution in [3.05, 3.63) is 73.9 Å². The molecule has 0 spiro atoms. The highest BCUT2D eigenvalue weighted by atomic mass is 35.5. The Morgan fingerprint density at radius 3 is 2.72 bits per heavy atom. The minimum atomic E-state index is -0.458. The topological polar surface area (TPSA) is 66.1 Å². The van der Waals surface area contributed by atoms with Crippen molar-refractivity contribution < 1.29 is 4.79 Å². The SMILES string of the molecule is CCC1C=CCN1C(=O)c1cnc(Cc2c(Cl)cccc2Cl)[nH]c1=O. The Balaban J connectivity index is 1.84. The van der Waals surface area contributed by atoms with E-state index in [1.165, 1.54) is 6.20 Å². The van der Waals surface area contributed by atoms with E-state index in [-0.39, 0.29) is 23.9 Å². The lowest BCUT2D eigenvalue weighted by Crippen LogP contribution is -2.38. The summed E-state index contributed by atoms with van der Waals surface area (Å²) in [6.45, 7) is 2.51. The maximum absolute atomic E-state index is 12.6. The fourth-order valence-electron chi connectivity index (χ4n) is 2.86. The van der Waals surface area contributed by atoms with Gasteiger partial charge in [0.1, 0.15) is 11.4 Å². The summed E-state index contributed by atoms with van der Waals surface area (Å²) in [5, 5.41) is 1.01. The summed E-state index contributed by atoms with van der Waals surface area (Å²) in [5.74, 6) is 0.0936. The highest BCUT2D eigenvalue weighted by Crippen LogP contribution is 2.25. The van der Waals surface area contributed by atoms with Gasteiger partial charge in [-0.1, -0.05) is 48.3 Å². The fraction of sp³-hybridized carbons (Fsp3) is 0.278. The number of hydrogen-bond acceptors (Lipinski definition) is 3. The van der Waals surface area contributed by atoms with Crippen LogP contribution >= 0.6 is 23.2 Å². The maximum atomic E-state index is 12.6. The van der Waals surface area contributed by atoms with E-state index in [4.69, 9.17) is 23.2 Å². The normalized spacial score (nSPS) is 16.4. The van der Waals surface area contributed by atoms with Crippen LogP contribution in [0.25, 0.3) is 0 Å². The summed E-state index contributed by atoms with van der Waals surface area (Å²) >= 11 is 12.3. The summed E-state index contributed by atoms with van der Waals surface area (Å²) < 4.78 is 0. The van der Waals surface area contributed by atoms with Gasteiger partial charge in [0, 0.05) is 29.2 Å². The molecule has 7 heteroatoms. The van der Waals surface area contributed by atoms with Gasteiger partial charge >= 0.3 is 0 Å². The number of aromatic amines is 1. The van der Waals surface area contributed by atoms with Crippen molar-refractivity contribution in [2.45, 2.75) is 25.8 Å². The number of nitrogens with one attached hydrogen (secondary N) is 1. The number of nitrogens with zero attached hydrogens (tertiary/aromatic N) is 2. The number of rotatable bonds is 4. The van der Waals surface area contributed by atoms with Gasteiger partial charge in [0.05, 0.1) is 6.04 Å². The molecule has 0 saturated carbocycles. The van der Waals surface area contributed by atoms with Gasteiger partial charge in [-0.2, -0.15) is 0 Å². The maximum Gasteiger partial charge on any atom is 0.263 e. The first-order valence-corrected chi connectivity index (χ1v) is 8.75. The van der Waals surface area contributed by atoms with E-state index in [1.54, 1.807) is 23.1 Å². The van der Waals surface area contributed by atoms with E-state index in [2.05, 4.69) is 9.97 Å². The molecule has 1 atom stereocenters. The second-order valence-corrected chi connectivity index (χ2v) is 6.63. The third-order valence-electron chi connectivity index (χ3n) is 4.23. The quantitative estimate of drug-likeness (QED) is 0.829. The van der Waals surface area contributed by atoms with Crippen LogP contribution in [0.3, 0.4) is 0 Å². The molecular weight excluding hydrogens is 361 g/mol. The molecular formula is C18H17Cl2N3O2. The Kier molecular flexibility index (Phi) is 5.25. The molecule has 1 aromatic heterocycles. The van der Waals surface area contributed by atoms with Crippen molar-refractivity contribution in [3.63, 3.8) is 0 Å². The molecule has 0 bridgehead atoms. The molecule has 0 saturated heterocycles. The molecule has 1 aromatic carbocycles. The Hall–Kier alpha value is -2.11. The molecule has 1 aliphatic heterocycles. The van der Waals surface area contributed by atoms with Crippen LogP contribution < -0.4 is 5.56 Å². The van der Waals surface area contributed by atoms with Crippen LogP contribution in [0.2, 0.25) is 10.0 Å². The van der Waals surface area contributed by atoms with Gasteiger partial charge in [-0.05, 0) is 24.1 Å². The van der Waals surface area contributed by atoms with Crippen LogP contribution in [0.15, 0.2) is 41.3 Å². The van der Waals surface area contributed by atoms with Gasteiger partial charge in [-0.25, -0.2) is 4.98 Å². The number of amides is 1. The van der Waals surface area contributed by atoms with E-state index in [0.29, 0.717) is 28.0 Å². The van der Waals surface area contributed by atoms with Crippen LogP contribution in [-0.4, -0.2) is 33.4 Å². The van der Waals surface area contributed by atoms with E-state index in [1.807, 2.05) is 19.1 Å². The van der Waals surface area contributed by atoms with Crippen LogP contribution in [0.4, 0.5) is 0 Å². The average Bonchev–Trinajstić information content (AvgIpc) is 3.06. The highest BCUT2D eigenvalue weighted by molar-refractivity contribution is 6.36. The van der Waals surface area contributed by atoms with E-state index in [9.17, 15) is 9.59 Å². The zero-order chi connectivity index (χ0) is 18.0. The molecule has 1 unspecified atom stereocenters. The van der Waals surface area contributed by atoms with Crippen molar-refractivity contribution in [3.8, 4) is 0 Å². The van der Waals surface area contributed by atoms with Crippen molar-refractivity contribution in [1.82, 2.24) is 14.9 Å². The summed E-state index contributed by atoms with van der Waals surface area (Å²) in [6.07, 6.45) is 6.32. The number of carbonyl (C=O) groups excluding carboxylic acids is 1. The third kappa shape index (κ3) is 3.62. The van der Waals surface area contributed by atoms with Gasteiger partial charge in [0.2, 0.25) is 0 Å². The number of carbonyl (C=O) groups is 1. The zero-order valence-electron chi connectivity index (χ0n) is 13.6. The molecule has 1 N–H and O–H groups in total. The van der Waals surface area contributed by atoms with Crippen molar-refractivity contribution in [1.29, 1.82) is 0 Å².